The van der Waals surface area contributed by atoms with E-state index in [0.29, 0.717) is 17.1 Å². The van der Waals surface area contributed by atoms with Crippen molar-refractivity contribution in [2.24, 2.45) is 0 Å². The highest BCUT2D eigenvalue weighted by molar-refractivity contribution is 6.28. The van der Waals surface area contributed by atoms with Gasteiger partial charge >= 0.3 is 0 Å². The maximum absolute atomic E-state index is 9.13. The van der Waals surface area contributed by atoms with Crippen molar-refractivity contribution in [3.05, 3.63) is 40.8 Å². The Labute approximate surface area is 128 Å². The number of rotatable bonds is 4. The third-order valence-corrected chi connectivity index (χ3v) is 2.90. The first-order chi connectivity index (χ1) is 10.0. The van der Waals surface area contributed by atoms with Gasteiger partial charge in [0.25, 0.3) is 0 Å². The fraction of sp³-hybridized carbons (Fsp3) is 0.267. The molecule has 0 bridgehead atoms. The van der Waals surface area contributed by atoms with Crippen LogP contribution < -0.4 is 10.1 Å². The molecule has 2 rings (SSSR count). The molecule has 0 saturated carbocycles. The monoisotopic (exact) mass is 302 g/mol. The molecule has 1 aromatic carbocycles. The topological polar surface area (TPSA) is 70.8 Å². The van der Waals surface area contributed by atoms with Crippen molar-refractivity contribution in [3.8, 4) is 11.8 Å². The number of aryl methyl sites for hydroxylation is 1. The Morgan fingerprint density at radius 3 is 2.81 bits per heavy atom. The summed E-state index contributed by atoms with van der Waals surface area (Å²) in [6.07, 6.45) is 1.43. The number of benzene rings is 1. The van der Waals surface area contributed by atoms with Gasteiger partial charge in [-0.25, -0.2) is 4.98 Å². The van der Waals surface area contributed by atoms with Gasteiger partial charge in [0, 0.05) is 0 Å². The Balaban J connectivity index is 2.44. The number of anilines is 2. The molecule has 0 fully saturated rings. The molecule has 108 valence electrons. The molecule has 1 heterocycles. The van der Waals surface area contributed by atoms with Crippen LogP contribution in [0, 0.1) is 18.3 Å². The lowest BCUT2D eigenvalue weighted by molar-refractivity contribution is 0.243. The van der Waals surface area contributed by atoms with E-state index in [1.807, 2.05) is 45.0 Å². The van der Waals surface area contributed by atoms with E-state index in [1.165, 1.54) is 6.20 Å². The normalized spacial score (nSPS) is 10.3. The SMILES string of the molecule is Cc1cccc(OC(C)C)c1Nc1nc(Cl)ncc1C#N. The maximum atomic E-state index is 9.13. The summed E-state index contributed by atoms with van der Waals surface area (Å²) in [5.41, 5.74) is 2.06. The van der Waals surface area contributed by atoms with E-state index in [-0.39, 0.29) is 11.4 Å². The summed E-state index contributed by atoms with van der Waals surface area (Å²) in [4.78, 5) is 7.87. The molecule has 0 unspecified atom stereocenters. The quantitative estimate of drug-likeness (QED) is 0.869. The van der Waals surface area contributed by atoms with Gasteiger partial charge in [-0.1, -0.05) is 12.1 Å². The van der Waals surface area contributed by atoms with Crippen LogP contribution in [-0.2, 0) is 0 Å². The summed E-state index contributed by atoms with van der Waals surface area (Å²) < 4.78 is 5.78. The third-order valence-electron chi connectivity index (χ3n) is 2.72. The lowest BCUT2D eigenvalue weighted by atomic mass is 10.1. The van der Waals surface area contributed by atoms with Gasteiger partial charge in [-0.2, -0.15) is 10.2 Å². The second-order valence-corrected chi connectivity index (χ2v) is 5.09. The number of nitrogens with zero attached hydrogens (tertiary/aromatic N) is 3. The van der Waals surface area contributed by atoms with E-state index in [2.05, 4.69) is 15.3 Å². The van der Waals surface area contributed by atoms with Crippen LogP contribution in [0.15, 0.2) is 24.4 Å². The molecular weight excluding hydrogens is 288 g/mol. The highest BCUT2D eigenvalue weighted by atomic mass is 35.5. The molecule has 0 aliphatic carbocycles. The molecule has 21 heavy (non-hydrogen) atoms. The number of aromatic nitrogens is 2. The fourth-order valence-electron chi connectivity index (χ4n) is 1.81. The molecule has 0 spiro atoms. The van der Waals surface area contributed by atoms with Gasteiger partial charge in [-0.3, -0.25) is 0 Å². The molecule has 5 nitrogen and oxygen atoms in total. The summed E-state index contributed by atoms with van der Waals surface area (Å²) in [7, 11) is 0. The third kappa shape index (κ3) is 3.61. The highest BCUT2D eigenvalue weighted by Crippen LogP contribution is 2.32. The number of hydrogen-bond donors (Lipinski definition) is 1. The predicted molar refractivity (Wildman–Crippen MR) is 82.0 cm³/mol. The second-order valence-electron chi connectivity index (χ2n) is 4.75. The average molecular weight is 303 g/mol. The van der Waals surface area contributed by atoms with E-state index in [4.69, 9.17) is 21.6 Å². The van der Waals surface area contributed by atoms with Crippen LogP contribution >= 0.6 is 11.6 Å². The summed E-state index contributed by atoms with van der Waals surface area (Å²) in [6, 6.07) is 7.76. The number of hydrogen-bond acceptors (Lipinski definition) is 5. The Kier molecular flexibility index (Phi) is 4.61. The standard InChI is InChI=1S/C15H15ClN4O/c1-9(2)21-12-6-4-5-10(3)13(12)19-14-11(7-17)8-18-15(16)20-14/h4-6,8-9H,1-3H3,(H,18,19,20). The first-order valence-electron chi connectivity index (χ1n) is 6.47. The minimum Gasteiger partial charge on any atom is -0.489 e. The summed E-state index contributed by atoms with van der Waals surface area (Å²) in [5, 5.41) is 12.3. The van der Waals surface area contributed by atoms with Crippen molar-refractivity contribution in [3.63, 3.8) is 0 Å². The summed E-state index contributed by atoms with van der Waals surface area (Å²) in [6.45, 7) is 5.85. The smallest absolute Gasteiger partial charge is 0.224 e. The Bertz CT molecular complexity index is 695. The van der Waals surface area contributed by atoms with Gasteiger partial charge < -0.3 is 10.1 Å². The predicted octanol–water partition coefficient (Wildman–Crippen LogP) is 3.84. The van der Waals surface area contributed by atoms with Crippen LogP contribution in [0.5, 0.6) is 5.75 Å². The van der Waals surface area contributed by atoms with Gasteiger partial charge in [-0.15, -0.1) is 0 Å². The molecule has 2 aromatic rings. The Morgan fingerprint density at radius 2 is 2.14 bits per heavy atom. The molecule has 0 saturated heterocycles. The van der Waals surface area contributed by atoms with Crippen LogP contribution in [0.3, 0.4) is 0 Å². The maximum Gasteiger partial charge on any atom is 0.224 e. The summed E-state index contributed by atoms with van der Waals surface area (Å²) in [5.74, 6) is 1.06. The molecule has 0 amide bonds. The molecule has 6 heteroatoms. The van der Waals surface area contributed by atoms with Crippen molar-refractivity contribution < 1.29 is 4.74 Å². The number of para-hydroxylation sites is 1. The minimum absolute atomic E-state index is 0.0387. The molecule has 0 aliphatic heterocycles. The van der Waals surface area contributed by atoms with E-state index in [0.717, 1.165) is 11.3 Å². The van der Waals surface area contributed by atoms with Gasteiger partial charge in [0.15, 0.2) is 5.82 Å². The second kappa shape index (κ2) is 6.42. The highest BCUT2D eigenvalue weighted by Gasteiger charge is 2.12. The number of nitriles is 1. The Morgan fingerprint density at radius 1 is 1.38 bits per heavy atom. The lowest BCUT2D eigenvalue weighted by Crippen LogP contribution is -2.09. The molecule has 0 radical (unpaired) electrons. The van der Waals surface area contributed by atoms with Crippen molar-refractivity contribution >= 4 is 23.1 Å². The number of ether oxygens (including phenoxy) is 1. The fourth-order valence-corrected chi connectivity index (χ4v) is 1.94. The van der Waals surface area contributed by atoms with E-state index in [1.54, 1.807) is 0 Å². The zero-order valence-electron chi connectivity index (χ0n) is 12.0. The average Bonchev–Trinajstić information content (AvgIpc) is 2.42. The van der Waals surface area contributed by atoms with Gasteiger partial charge in [-0.05, 0) is 44.0 Å². The Hall–Kier alpha value is -2.32. The zero-order chi connectivity index (χ0) is 15.4. The number of halogens is 1. The van der Waals surface area contributed by atoms with E-state index < -0.39 is 0 Å². The van der Waals surface area contributed by atoms with E-state index in [9.17, 15) is 0 Å². The zero-order valence-corrected chi connectivity index (χ0v) is 12.8. The first kappa shape index (κ1) is 15.1. The number of nitrogens with one attached hydrogen (secondary N) is 1. The molecular formula is C15H15ClN4O. The first-order valence-corrected chi connectivity index (χ1v) is 6.85. The van der Waals surface area contributed by atoms with Crippen LogP contribution in [0.4, 0.5) is 11.5 Å². The van der Waals surface area contributed by atoms with Crippen molar-refractivity contribution in [2.45, 2.75) is 26.9 Å². The molecule has 1 N–H and O–H groups in total. The van der Waals surface area contributed by atoms with Gasteiger partial charge in [0.05, 0.1) is 18.0 Å². The van der Waals surface area contributed by atoms with Crippen molar-refractivity contribution in [1.82, 2.24) is 9.97 Å². The van der Waals surface area contributed by atoms with Gasteiger partial charge in [0.1, 0.15) is 17.4 Å². The molecule has 0 atom stereocenters. The summed E-state index contributed by atoms with van der Waals surface area (Å²) >= 11 is 5.80. The molecule has 1 aromatic heterocycles. The van der Waals surface area contributed by atoms with Gasteiger partial charge in [0.2, 0.25) is 5.28 Å². The van der Waals surface area contributed by atoms with Crippen LogP contribution in [-0.4, -0.2) is 16.1 Å². The molecule has 0 aliphatic rings. The van der Waals surface area contributed by atoms with Crippen LogP contribution in [0.2, 0.25) is 5.28 Å². The van der Waals surface area contributed by atoms with Crippen LogP contribution in [0.25, 0.3) is 0 Å². The van der Waals surface area contributed by atoms with E-state index >= 15 is 0 Å². The van der Waals surface area contributed by atoms with Crippen molar-refractivity contribution in [1.29, 1.82) is 5.26 Å². The van der Waals surface area contributed by atoms with Crippen molar-refractivity contribution in [2.75, 3.05) is 5.32 Å². The largest absolute Gasteiger partial charge is 0.489 e. The minimum atomic E-state index is 0.0387. The van der Waals surface area contributed by atoms with Crippen LogP contribution in [0.1, 0.15) is 25.0 Å². The lowest BCUT2D eigenvalue weighted by Gasteiger charge is -2.17.